The molecule has 2 aliphatic heterocycles. The Labute approximate surface area is 502 Å². The summed E-state index contributed by atoms with van der Waals surface area (Å²) in [6, 6.07) is 51.3. The number of likely N-dealkylation sites (tertiary alicyclic amines) is 2. The first kappa shape index (κ1) is 59.2. The number of hydrogen-bond donors (Lipinski definition) is 1. The quantitative estimate of drug-likeness (QED) is 0.0731. The van der Waals surface area contributed by atoms with Crippen molar-refractivity contribution in [2.45, 2.75) is 102 Å². The lowest BCUT2D eigenvalue weighted by Gasteiger charge is -2.33. The van der Waals surface area contributed by atoms with Crippen LogP contribution in [0, 0.1) is 5.92 Å². The first-order chi connectivity index (χ1) is 42.0. The molecule has 0 spiro atoms. The normalized spacial score (nSPS) is 16.1. The molecule has 2 N–H and O–H groups in total. The molecule has 444 valence electrons. The Morgan fingerprint density at radius 1 is 0.547 bits per heavy atom. The van der Waals surface area contributed by atoms with E-state index in [-0.39, 0.29) is 46.7 Å². The van der Waals surface area contributed by atoms with E-state index >= 15 is 0 Å². The molecular formula is C71H79N9O6. The van der Waals surface area contributed by atoms with Gasteiger partial charge in [0, 0.05) is 133 Å². The van der Waals surface area contributed by atoms with Crippen LogP contribution in [0.15, 0.2) is 180 Å². The number of carbonyl (C=O) groups is 2. The van der Waals surface area contributed by atoms with Crippen molar-refractivity contribution in [2.75, 3.05) is 53.6 Å². The highest BCUT2D eigenvalue weighted by Gasteiger charge is 2.31. The van der Waals surface area contributed by atoms with Crippen molar-refractivity contribution in [2.24, 2.45) is 11.7 Å². The predicted octanol–water partition coefficient (Wildman–Crippen LogP) is 11.4. The summed E-state index contributed by atoms with van der Waals surface area (Å²) in [6.07, 6.45) is 11.8. The molecular weight excluding hydrogens is 1070 g/mol. The smallest absolute Gasteiger partial charge is 0.255 e. The van der Waals surface area contributed by atoms with Crippen molar-refractivity contribution in [3.63, 3.8) is 0 Å². The van der Waals surface area contributed by atoms with Crippen molar-refractivity contribution >= 4 is 55.4 Å². The summed E-state index contributed by atoms with van der Waals surface area (Å²) < 4.78 is 18.6. The largest absolute Gasteiger partial charge is 0.385 e. The minimum atomic E-state index is -0.291. The highest BCUT2D eigenvalue weighted by atomic mass is 16.5. The van der Waals surface area contributed by atoms with Crippen molar-refractivity contribution in [1.29, 1.82) is 0 Å². The fraction of sp³-hybridized carbons (Fsp3) is 0.352. The SMILES string of the molecule is COCCCn1c([C@@H]2CCCN(C(=O)C[C@H](C)Cc3ccc(-n4cc5ccccc5cc4=O)cc3)C2)nc2ccccc21.COCCCn1c([C@@H]2CCCN(C(=O)C[C@H](N)Cc3ccc(-n4cc5ccccc5cc4=O)cc3)C2)nc2ccccc21. The molecule has 12 rings (SSSR count). The van der Waals surface area contributed by atoms with E-state index in [1.54, 1.807) is 35.5 Å². The molecule has 0 radical (unpaired) electrons. The number of piperidine rings is 2. The zero-order valence-corrected chi connectivity index (χ0v) is 49.8. The molecule has 0 bridgehead atoms. The highest BCUT2D eigenvalue weighted by molar-refractivity contribution is 5.83. The Morgan fingerprint density at radius 3 is 1.43 bits per heavy atom. The second-order valence-electron chi connectivity index (χ2n) is 23.5. The number of methoxy groups -OCH3 is 2. The molecule has 6 heterocycles. The summed E-state index contributed by atoms with van der Waals surface area (Å²) in [5, 5.41) is 3.91. The number of benzene rings is 6. The third-order valence-electron chi connectivity index (χ3n) is 17.1. The number of rotatable bonds is 20. The number of aromatic nitrogens is 6. The van der Waals surface area contributed by atoms with E-state index in [4.69, 9.17) is 25.2 Å². The van der Waals surface area contributed by atoms with Crippen LogP contribution in [0.4, 0.5) is 0 Å². The van der Waals surface area contributed by atoms with Gasteiger partial charge in [0.05, 0.1) is 22.1 Å². The van der Waals surface area contributed by atoms with Gasteiger partial charge in [-0.1, -0.05) is 104 Å². The lowest BCUT2D eigenvalue weighted by Crippen LogP contribution is -2.42. The second-order valence-corrected chi connectivity index (χ2v) is 23.5. The average Bonchev–Trinajstić information content (AvgIpc) is 3.10. The summed E-state index contributed by atoms with van der Waals surface area (Å²) >= 11 is 0. The van der Waals surface area contributed by atoms with Crippen LogP contribution in [-0.4, -0.2) is 110 Å². The zero-order chi connectivity index (χ0) is 59.5. The maximum Gasteiger partial charge on any atom is 0.255 e. The highest BCUT2D eigenvalue weighted by Crippen LogP contribution is 2.33. The number of hydrogen-bond acceptors (Lipinski definition) is 9. The molecule has 4 aromatic heterocycles. The molecule has 0 aliphatic carbocycles. The third-order valence-corrected chi connectivity index (χ3v) is 17.1. The monoisotopic (exact) mass is 1150 g/mol. The summed E-state index contributed by atoms with van der Waals surface area (Å²) in [5.74, 6) is 3.10. The summed E-state index contributed by atoms with van der Waals surface area (Å²) in [5.41, 5.74) is 14.5. The number of amides is 2. The molecule has 86 heavy (non-hydrogen) atoms. The van der Waals surface area contributed by atoms with Crippen molar-refractivity contribution < 1.29 is 19.1 Å². The van der Waals surface area contributed by atoms with Gasteiger partial charge < -0.3 is 34.1 Å². The molecule has 4 atom stereocenters. The topological polar surface area (TPSA) is 165 Å². The summed E-state index contributed by atoms with van der Waals surface area (Å²) in [7, 11) is 3.47. The molecule has 15 nitrogen and oxygen atoms in total. The van der Waals surface area contributed by atoms with Crippen LogP contribution in [0.25, 0.3) is 55.0 Å². The maximum absolute atomic E-state index is 13.5. The Balaban J connectivity index is 0.000000179. The number of para-hydroxylation sites is 4. The number of aryl methyl sites for hydroxylation is 2. The molecule has 2 saturated heterocycles. The number of pyridine rings is 2. The van der Waals surface area contributed by atoms with Gasteiger partial charge in [0.2, 0.25) is 11.8 Å². The van der Waals surface area contributed by atoms with Gasteiger partial charge >= 0.3 is 0 Å². The van der Waals surface area contributed by atoms with Crippen LogP contribution in [0.3, 0.4) is 0 Å². The number of nitrogens with zero attached hydrogens (tertiary/aromatic N) is 8. The Bertz CT molecular complexity index is 3810. The number of imidazole rings is 2. The van der Waals surface area contributed by atoms with Crippen molar-refractivity contribution in [1.82, 2.24) is 38.0 Å². The van der Waals surface area contributed by atoms with Crippen LogP contribution in [-0.2, 0) is 45.0 Å². The molecule has 2 fully saturated rings. The minimum absolute atomic E-state index is 0.0456. The zero-order valence-electron chi connectivity index (χ0n) is 49.8. The summed E-state index contributed by atoms with van der Waals surface area (Å²) in [6.45, 7) is 8.20. The van der Waals surface area contributed by atoms with Crippen molar-refractivity contribution in [3.8, 4) is 11.4 Å². The van der Waals surface area contributed by atoms with Gasteiger partial charge in [-0.15, -0.1) is 0 Å². The third kappa shape index (κ3) is 13.9. The summed E-state index contributed by atoms with van der Waals surface area (Å²) in [4.78, 5) is 66.4. The molecule has 15 heteroatoms. The lowest BCUT2D eigenvalue weighted by molar-refractivity contribution is -0.133. The Morgan fingerprint density at radius 2 is 0.965 bits per heavy atom. The number of ether oxygens (including phenoxy) is 2. The van der Waals surface area contributed by atoms with Gasteiger partial charge in [0.25, 0.3) is 11.1 Å². The van der Waals surface area contributed by atoms with Crippen LogP contribution in [0.5, 0.6) is 0 Å². The van der Waals surface area contributed by atoms with E-state index in [2.05, 4.69) is 69.5 Å². The van der Waals surface area contributed by atoms with Crippen LogP contribution < -0.4 is 16.9 Å². The lowest BCUT2D eigenvalue weighted by atomic mass is 9.94. The van der Waals surface area contributed by atoms with Gasteiger partial charge in [-0.25, -0.2) is 9.97 Å². The molecule has 0 saturated carbocycles. The van der Waals surface area contributed by atoms with Crippen LogP contribution in [0.2, 0.25) is 0 Å². The standard InChI is InChI=1S/C36H40N4O3.C35H39N5O3/c1-26(21-27-14-16-31(17-15-27)40-25-29-10-4-3-9-28(29)23-35(40)42)22-34(41)38-18-7-11-30(24-38)36-37-32-12-5-6-13-33(32)39(36)19-8-20-43-2;1-43-19-7-18-39-32-12-5-4-11-31(32)37-35(39)28-10-6-17-38(23-28)33(41)22-29(36)20-25-13-15-30(16-14-25)40-24-27-9-3-2-8-26(27)21-34(40)42/h3-6,9-10,12-17,23,25-26,30H,7-8,11,18-22,24H2,1-2H3;2-5,8-9,11-16,21,24,28-29H,6-7,10,17-20,22-23,36H2,1H3/t26-,30-;28-,29-/m11/s1. The molecule has 6 aromatic carbocycles. The minimum Gasteiger partial charge on any atom is -0.385 e. The van der Waals surface area contributed by atoms with E-state index in [1.807, 2.05) is 114 Å². The van der Waals surface area contributed by atoms with Crippen LogP contribution >= 0.6 is 0 Å². The molecule has 0 unspecified atom stereocenters. The van der Waals surface area contributed by atoms with Gasteiger partial charge in [-0.2, -0.15) is 0 Å². The van der Waals surface area contributed by atoms with Crippen LogP contribution in [0.1, 0.15) is 92.9 Å². The number of nitrogens with two attached hydrogens (primary N) is 1. The van der Waals surface area contributed by atoms with E-state index in [9.17, 15) is 19.2 Å². The van der Waals surface area contributed by atoms with Gasteiger partial charge in [-0.05, 0) is 138 Å². The number of fused-ring (bicyclic) bond motifs is 4. The van der Waals surface area contributed by atoms with Gasteiger partial charge in [0.15, 0.2) is 0 Å². The van der Waals surface area contributed by atoms with E-state index < -0.39 is 0 Å². The molecule has 2 aliphatic rings. The second kappa shape index (κ2) is 27.7. The Hall–Kier alpha value is -8.50. The fourth-order valence-electron chi connectivity index (χ4n) is 12.8. The van der Waals surface area contributed by atoms with Crippen molar-refractivity contribution in [3.05, 3.63) is 214 Å². The van der Waals surface area contributed by atoms with E-state index in [1.165, 1.54) is 5.56 Å². The number of carbonyl (C=O) groups excluding carboxylic acids is 2. The van der Waals surface area contributed by atoms with E-state index in [0.29, 0.717) is 45.6 Å². The van der Waals surface area contributed by atoms with Gasteiger partial charge in [-0.3, -0.25) is 28.3 Å². The predicted molar refractivity (Wildman–Crippen MR) is 342 cm³/mol. The first-order valence-corrected chi connectivity index (χ1v) is 30.6. The average molecular weight is 1150 g/mol. The first-order valence-electron chi connectivity index (χ1n) is 30.6. The molecule has 2 amide bonds. The van der Waals surface area contributed by atoms with Gasteiger partial charge in [0.1, 0.15) is 11.6 Å². The van der Waals surface area contributed by atoms with E-state index in [0.717, 1.165) is 143 Å². The Kier molecular flexibility index (Phi) is 19.1. The fourth-order valence-corrected chi connectivity index (χ4v) is 12.8. The molecule has 10 aromatic rings. The maximum atomic E-state index is 13.5.